The smallest absolute Gasteiger partial charge is 0.156 e. The van der Waals surface area contributed by atoms with Crippen LogP contribution < -0.4 is 4.90 Å². The molecule has 7 heteroatoms. The third kappa shape index (κ3) is 3.09. The first kappa shape index (κ1) is 14.9. The van der Waals surface area contributed by atoms with Gasteiger partial charge < -0.3 is 9.64 Å². The van der Waals surface area contributed by atoms with Crippen molar-refractivity contribution >= 4 is 5.82 Å². The Morgan fingerprint density at radius 1 is 1.41 bits per heavy atom. The highest BCUT2D eigenvalue weighted by Gasteiger charge is 2.33. The van der Waals surface area contributed by atoms with Gasteiger partial charge in [-0.2, -0.15) is 5.10 Å². The van der Waals surface area contributed by atoms with Crippen LogP contribution >= 0.6 is 0 Å². The molecule has 0 unspecified atom stereocenters. The van der Waals surface area contributed by atoms with Gasteiger partial charge in [0.1, 0.15) is 18.0 Å². The summed E-state index contributed by atoms with van der Waals surface area (Å²) >= 11 is 0. The molecule has 1 aliphatic rings. The van der Waals surface area contributed by atoms with E-state index in [0.29, 0.717) is 0 Å². The molecule has 7 nitrogen and oxygen atoms in total. The monoisotopic (exact) mass is 302 g/mol. The molecule has 0 radical (unpaired) electrons. The van der Waals surface area contributed by atoms with Crippen molar-refractivity contribution in [3.8, 4) is 0 Å². The molecule has 1 N–H and O–H groups in total. The minimum atomic E-state index is 0.0836. The number of hydrogen-bond donors (Lipinski definition) is 1. The highest BCUT2D eigenvalue weighted by atomic mass is 16.5. The molecule has 1 saturated heterocycles. The van der Waals surface area contributed by atoms with Crippen molar-refractivity contribution in [1.82, 2.24) is 25.1 Å². The standard InChI is InChI=1S/C15H22N6O/c1-4-11-7-14(17-9-16-11)21(3)8-13-12(5-6-22-13)15-18-10(2)19-20-15/h7,9,12-13H,4-6,8H2,1-3H3,(H,18,19,20)/t12-,13-/m1/s1. The molecule has 0 bridgehead atoms. The summed E-state index contributed by atoms with van der Waals surface area (Å²) in [7, 11) is 2.03. The normalized spacial score (nSPS) is 21.2. The molecule has 3 heterocycles. The zero-order valence-electron chi connectivity index (χ0n) is 13.3. The van der Waals surface area contributed by atoms with Crippen LogP contribution in [-0.4, -0.2) is 51.5 Å². The molecule has 3 rings (SSSR count). The Balaban J connectivity index is 1.71. The summed E-state index contributed by atoms with van der Waals surface area (Å²) < 4.78 is 5.90. The maximum absolute atomic E-state index is 5.90. The van der Waals surface area contributed by atoms with E-state index in [2.05, 4.69) is 37.0 Å². The van der Waals surface area contributed by atoms with E-state index in [9.17, 15) is 0 Å². The van der Waals surface area contributed by atoms with Gasteiger partial charge >= 0.3 is 0 Å². The number of nitrogens with one attached hydrogen (secondary N) is 1. The predicted octanol–water partition coefficient (Wildman–Crippen LogP) is 1.47. The zero-order chi connectivity index (χ0) is 15.5. The molecule has 0 aromatic carbocycles. The minimum absolute atomic E-state index is 0.0836. The van der Waals surface area contributed by atoms with E-state index in [1.165, 1.54) is 0 Å². The van der Waals surface area contributed by atoms with Gasteiger partial charge in [0.25, 0.3) is 0 Å². The third-order valence-corrected chi connectivity index (χ3v) is 4.07. The van der Waals surface area contributed by atoms with Crippen molar-refractivity contribution in [1.29, 1.82) is 0 Å². The average Bonchev–Trinajstić information content (AvgIpc) is 3.16. The average molecular weight is 302 g/mol. The second-order valence-corrected chi connectivity index (χ2v) is 5.69. The lowest BCUT2D eigenvalue weighted by Gasteiger charge is -2.24. The lowest BCUT2D eigenvalue weighted by molar-refractivity contribution is 0.108. The van der Waals surface area contributed by atoms with Crippen LogP contribution in [0.15, 0.2) is 12.4 Å². The van der Waals surface area contributed by atoms with Gasteiger partial charge in [-0.05, 0) is 19.8 Å². The molecule has 1 aliphatic heterocycles. The summed E-state index contributed by atoms with van der Waals surface area (Å²) in [5, 5.41) is 7.21. The number of likely N-dealkylation sites (N-methyl/N-ethyl adjacent to an activating group) is 1. The fourth-order valence-electron chi connectivity index (χ4n) is 2.80. The number of rotatable bonds is 5. The van der Waals surface area contributed by atoms with E-state index in [4.69, 9.17) is 4.74 Å². The fourth-order valence-corrected chi connectivity index (χ4v) is 2.80. The highest BCUT2D eigenvalue weighted by molar-refractivity contribution is 5.38. The summed E-state index contributed by atoms with van der Waals surface area (Å²) in [6.45, 7) is 5.52. The summed E-state index contributed by atoms with van der Waals surface area (Å²) in [6.07, 6.45) is 3.57. The third-order valence-electron chi connectivity index (χ3n) is 4.07. The van der Waals surface area contributed by atoms with Gasteiger partial charge in [0.05, 0.1) is 12.0 Å². The van der Waals surface area contributed by atoms with Crippen LogP contribution in [0.4, 0.5) is 5.82 Å². The van der Waals surface area contributed by atoms with E-state index >= 15 is 0 Å². The number of hydrogen-bond acceptors (Lipinski definition) is 6. The lowest BCUT2D eigenvalue weighted by atomic mass is 10.0. The lowest BCUT2D eigenvalue weighted by Crippen LogP contribution is -2.32. The van der Waals surface area contributed by atoms with Crippen molar-refractivity contribution in [2.75, 3.05) is 25.1 Å². The second kappa shape index (κ2) is 6.39. The van der Waals surface area contributed by atoms with Crippen LogP contribution in [-0.2, 0) is 11.2 Å². The molecular formula is C15H22N6O. The van der Waals surface area contributed by atoms with E-state index < -0.39 is 0 Å². The van der Waals surface area contributed by atoms with Crippen LogP contribution in [0.25, 0.3) is 0 Å². The summed E-state index contributed by atoms with van der Waals surface area (Å²) in [6, 6.07) is 2.03. The molecule has 2 aromatic rings. The maximum Gasteiger partial charge on any atom is 0.156 e. The van der Waals surface area contributed by atoms with Crippen LogP contribution in [0.2, 0.25) is 0 Å². The highest BCUT2D eigenvalue weighted by Crippen LogP contribution is 2.30. The Morgan fingerprint density at radius 3 is 3.00 bits per heavy atom. The second-order valence-electron chi connectivity index (χ2n) is 5.69. The Labute approximate surface area is 130 Å². The largest absolute Gasteiger partial charge is 0.376 e. The van der Waals surface area contributed by atoms with Crippen molar-refractivity contribution in [3.63, 3.8) is 0 Å². The molecule has 0 saturated carbocycles. The Hall–Kier alpha value is -2.02. The predicted molar refractivity (Wildman–Crippen MR) is 82.9 cm³/mol. The van der Waals surface area contributed by atoms with Crippen LogP contribution in [0, 0.1) is 6.92 Å². The molecule has 2 aromatic heterocycles. The van der Waals surface area contributed by atoms with Crippen LogP contribution in [0.1, 0.15) is 36.6 Å². The van der Waals surface area contributed by atoms with Gasteiger partial charge in [-0.1, -0.05) is 6.92 Å². The van der Waals surface area contributed by atoms with E-state index in [0.717, 1.165) is 49.2 Å². The quantitative estimate of drug-likeness (QED) is 0.901. The molecule has 1 fully saturated rings. The topological polar surface area (TPSA) is 79.8 Å². The number of aromatic amines is 1. The molecule has 2 atom stereocenters. The zero-order valence-corrected chi connectivity index (χ0v) is 13.3. The van der Waals surface area contributed by atoms with Gasteiger partial charge in [-0.3, -0.25) is 5.10 Å². The number of nitrogens with zero attached hydrogens (tertiary/aromatic N) is 5. The number of anilines is 1. The Kier molecular flexibility index (Phi) is 4.33. The van der Waals surface area contributed by atoms with Gasteiger partial charge in [0.15, 0.2) is 5.82 Å². The molecule has 0 amide bonds. The van der Waals surface area contributed by atoms with Gasteiger partial charge in [0.2, 0.25) is 0 Å². The Bertz CT molecular complexity index is 628. The summed E-state index contributed by atoms with van der Waals surface area (Å²) in [5.41, 5.74) is 1.05. The Morgan fingerprint density at radius 2 is 2.27 bits per heavy atom. The van der Waals surface area contributed by atoms with E-state index in [-0.39, 0.29) is 12.0 Å². The summed E-state index contributed by atoms with van der Waals surface area (Å²) in [5.74, 6) is 2.86. The van der Waals surface area contributed by atoms with Gasteiger partial charge in [-0.25, -0.2) is 15.0 Å². The first-order valence-corrected chi connectivity index (χ1v) is 7.70. The fraction of sp³-hybridized carbons (Fsp3) is 0.600. The SMILES string of the molecule is CCc1cc(N(C)C[C@H]2OCC[C@H]2c2n[nH]c(C)n2)ncn1. The van der Waals surface area contributed by atoms with Crippen molar-refractivity contribution < 1.29 is 4.74 Å². The number of aryl methyl sites for hydroxylation is 2. The van der Waals surface area contributed by atoms with E-state index in [1.54, 1.807) is 6.33 Å². The van der Waals surface area contributed by atoms with Crippen LogP contribution in [0.3, 0.4) is 0 Å². The van der Waals surface area contributed by atoms with Crippen molar-refractivity contribution in [3.05, 3.63) is 29.7 Å². The number of ether oxygens (including phenoxy) is 1. The van der Waals surface area contributed by atoms with Gasteiger partial charge in [0, 0.05) is 32.0 Å². The van der Waals surface area contributed by atoms with Crippen LogP contribution in [0.5, 0.6) is 0 Å². The number of H-pyrrole nitrogens is 1. The van der Waals surface area contributed by atoms with Crippen molar-refractivity contribution in [2.24, 2.45) is 0 Å². The molecule has 22 heavy (non-hydrogen) atoms. The first-order valence-electron chi connectivity index (χ1n) is 7.70. The van der Waals surface area contributed by atoms with E-state index in [1.807, 2.05) is 20.0 Å². The van der Waals surface area contributed by atoms with Gasteiger partial charge in [-0.15, -0.1) is 0 Å². The van der Waals surface area contributed by atoms with Crippen molar-refractivity contribution in [2.45, 2.75) is 38.7 Å². The maximum atomic E-state index is 5.90. The molecular weight excluding hydrogens is 280 g/mol. The summed E-state index contributed by atoms with van der Waals surface area (Å²) in [4.78, 5) is 15.2. The minimum Gasteiger partial charge on any atom is -0.376 e. The molecule has 118 valence electrons. The first-order chi connectivity index (χ1) is 10.7. The molecule has 0 spiro atoms. The molecule has 0 aliphatic carbocycles. The number of aromatic nitrogens is 5.